The molecule has 7 heteroatoms. The quantitative estimate of drug-likeness (QED) is 0.243. The van der Waals surface area contributed by atoms with E-state index >= 15 is 0 Å². The van der Waals surface area contributed by atoms with Crippen LogP contribution >= 0.6 is 0 Å². The van der Waals surface area contributed by atoms with E-state index < -0.39 is 0 Å². The molecule has 0 bridgehead atoms. The number of rotatable bonds is 9. The van der Waals surface area contributed by atoms with Crippen molar-refractivity contribution in [3.8, 4) is 11.5 Å². The Labute approximate surface area is 306 Å². The Morgan fingerprint density at radius 1 is 0.583 bits per heavy atom. The Morgan fingerprint density at radius 2 is 0.979 bits per heavy atom. The maximum absolute atomic E-state index is 14.3. The molecular weight excluding hydrogens is 634 g/mol. The summed E-state index contributed by atoms with van der Waals surface area (Å²) in [6.07, 6.45) is 0. The molecule has 0 aliphatic carbocycles. The minimum absolute atomic E-state index is 0. The van der Waals surface area contributed by atoms with Crippen LogP contribution in [0.5, 0.6) is 11.5 Å². The van der Waals surface area contributed by atoms with Crippen molar-refractivity contribution in [1.82, 2.24) is 4.90 Å². The van der Waals surface area contributed by atoms with E-state index in [1.165, 1.54) is 0 Å². The first kappa shape index (κ1) is 43.8. The van der Waals surface area contributed by atoms with Crippen molar-refractivity contribution in [1.29, 1.82) is 0 Å². The average molecular weight is 694 g/mol. The topological polar surface area (TPSA) is 116 Å². The summed E-state index contributed by atoms with van der Waals surface area (Å²) in [6, 6.07) is 18.6. The third-order valence-corrected chi connectivity index (χ3v) is 8.58. The Hall–Kier alpha value is -2.19. The molecule has 3 aromatic rings. The number of phenolic OH excluding ortho intramolecular Hbond substituents is 1. The molecule has 48 heavy (non-hydrogen) atoms. The zero-order chi connectivity index (χ0) is 36.0. The predicted molar refractivity (Wildman–Crippen MR) is 187 cm³/mol. The normalized spacial score (nSPS) is 13.1. The molecule has 0 fully saturated rings. The summed E-state index contributed by atoms with van der Waals surface area (Å²) in [5.41, 5.74) is 5.74. The molecule has 6 nitrogen and oxygen atoms in total. The molecule has 0 spiro atoms. The molecule has 3 rings (SSSR count). The summed E-state index contributed by atoms with van der Waals surface area (Å²) >= 11 is 0. The van der Waals surface area contributed by atoms with Crippen molar-refractivity contribution in [3.05, 3.63) is 93.5 Å². The van der Waals surface area contributed by atoms with E-state index in [-0.39, 0.29) is 80.6 Å². The number of benzene rings is 3. The maximum atomic E-state index is 14.3. The van der Waals surface area contributed by atoms with Gasteiger partial charge in [-0.2, -0.15) is 0 Å². The van der Waals surface area contributed by atoms with Gasteiger partial charge in [0.1, 0.15) is 5.75 Å². The molecular formula is C41H59NO5Ti. The molecule has 0 aromatic heterocycles. The Morgan fingerprint density at radius 3 is 1.35 bits per heavy atom. The van der Waals surface area contributed by atoms with Crippen LogP contribution in [0.1, 0.15) is 128 Å². The molecule has 0 radical (unpaired) electrons. The first-order valence-electron chi connectivity index (χ1n) is 16.8. The fourth-order valence-corrected chi connectivity index (χ4v) is 5.63. The zero-order valence-electron chi connectivity index (χ0n) is 31.5. The minimum atomic E-state index is -0.388. The third kappa shape index (κ3) is 11.7. The van der Waals surface area contributed by atoms with Gasteiger partial charge in [0.05, 0.1) is 0 Å². The van der Waals surface area contributed by atoms with Gasteiger partial charge in [0, 0.05) is 11.5 Å². The summed E-state index contributed by atoms with van der Waals surface area (Å²) < 4.78 is 0. The largest absolute Gasteiger partial charge is 4.00 e. The van der Waals surface area contributed by atoms with E-state index in [1.807, 2.05) is 18.2 Å². The first-order chi connectivity index (χ1) is 21.6. The number of nitrogens with zero attached hydrogens (tertiary/aromatic N) is 1. The Balaban J connectivity index is 0.000000908. The molecule has 1 atom stereocenters. The van der Waals surface area contributed by atoms with Gasteiger partial charge in [-0.05, 0) is 74.7 Å². The van der Waals surface area contributed by atoms with Gasteiger partial charge in [-0.1, -0.05) is 138 Å². The summed E-state index contributed by atoms with van der Waals surface area (Å²) in [5, 5.41) is 56.3. The molecule has 0 amide bonds. The molecule has 0 saturated carbocycles. The summed E-state index contributed by atoms with van der Waals surface area (Å²) in [5.74, 6) is -0.0417. The van der Waals surface area contributed by atoms with Crippen LogP contribution in [0.3, 0.4) is 0 Å². The van der Waals surface area contributed by atoms with E-state index in [0.29, 0.717) is 19.6 Å². The molecule has 0 aliphatic rings. The van der Waals surface area contributed by atoms with Crippen molar-refractivity contribution in [2.75, 3.05) is 39.5 Å². The maximum Gasteiger partial charge on any atom is 4.00 e. The number of hydrogen-bond donors (Lipinski definition) is 1. The molecule has 1 N–H and O–H groups in total. The van der Waals surface area contributed by atoms with Crippen molar-refractivity contribution < 1.29 is 47.3 Å². The van der Waals surface area contributed by atoms with Crippen molar-refractivity contribution >= 4 is 0 Å². The Bertz CT molecular complexity index is 1330. The van der Waals surface area contributed by atoms with Gasteiger partial charge in [0.2, 0.25) is 0 Å². The van der Waals surface area contributed by atoms with Gasteiger partial charge in [-0.25, -0.2) is 0 Å². The van der Waals surface area contributed by atoms with Crippen LogP contribution in [-0.4, -0.2) is 49.5 Å². The summed E-state index contributed by atoms with van der Waals surface area (Å²) in [6.45, 7) is 26.1. The SMILES string of the molecule is CC(C)(C)c1cc([C@@H](c2ccccc2)c2cc(C(C)(C)C)cc(C(C)(C)C)c2O)c([O-])c(C(C)(C)C)c1.[O-]CCN(CC[O-])CC[O-].[Ti+4]. The third-order valence-electron chi connectivity index (χ3n) is 8.58. The van der Waals surface area contributed by atoms with Crippen LogP contribution in [0.4, 0.5) is 0 Å². The van der Waals surface area contributed by atoms with Crippen LogP contribution in [-0.2, 0) is 43.4 Å². The van der Waals surface area contributed by atoms with E-state index in [1.54, 1.807) is 4.90 Å². The molecule has 3 aromatic carbocycles. The smallest absolute Gasteiger partial charge is 0.872 e. The van der Waals surface area contributed by atoms with E-state index in [2.05, 4.69) is 119 Å². The van der Waals surface area contributed by atoms with Crippen molar-refractivity contribution in [2.45, 2.75) is 111 Å². The van der Waals surface area contributed by atoms with Gasteiger partial charge in [0.15, 0.2) is 0 Å². The molecule has 262 valence electrons. The van der Waals surface area contributed by atoms with Crippen LogP contribution in [0.15, 0.2) is 54.6 Å². The number of hydrogen-bond acceptors (Lipinski definition) is 6. The van der Waals surface area contributed by atoms with E-state index in [9.17, 15) is 25.5 Å². The van der Waals surface area contributed by atoms with E-state index in [4.69, 9.17) is 0 Å². The van der Waals surface area contributed by atoms with Gasteiger partial charge in [-0.3, -0.25) is 0 Å². The van der Waals surface area contributed by atoms with Gasteiger partial charge in [-0.15, -0.1) is 25.6 Å². The average Bonchev–Trinajstić information content (AvgIpc) is 2.94. The Kier molecular flexibility index (Phi) is 16.1. The standard InChI is InChI=1S/C35H48O2.C6H12NO3.Ti/c1-32(2,3)23-18-25(30(36)27(20-23)34(7,8)9)29(22-16-14-13-15-17-22)26-19-24(33(4,5)6)21-28(31(26)37)35(10,11)12;8-4-1-7(2-5-9)3-6-10;/h13-21,29,36-37H,1-12H3;1-6H2;/q;-3;+4/p-1. The second-order valence-corrected chi connectivity index (χ2v) is 16.7. The minimum Gasteiger partial charge on any atom is -0.872 e. The zero-order valence-corrected chi connectivity index (χ0v) is 33.1. The molecule has 0 saturated heterocycles. The van der Waals surface area contributed by atoms with E-state index in [0.717, 1.165) is 38.9 Å². The van der Waals surface area contributed by atoms with Crippen molar-refractivity contribution in [2.24, 2.45) is 0 Å². The summed E-state index contributed by atoms with van der Waals surface area (Å²) in [4.78, 5) is 1.60. The molecule has 0 unspecified atom stereocenters. The van der Waals surface area contributed by atoms with Crippen LogP contribution < -0.4 is 20.4 Å². The first-order valence-corrected chi connectivity index (χ1v) is 16.8. The number of aromatic hydroxyl groups is 1. The van der Waals surface area contributed by atoms with Gasteiger partial charge < -0.3 is 30.4 Å². The predicted octanol–water partition coefficient (Wildman–Crippen LogP) is 5.20. The fourth-order valence-electron chi connectivity index (χ4n) is 5.63. The monoisotopic (exact) mass is 693 g/mol. The second-order valence-electron chi connectivity index (χ2n) is 16.7. The van der Waals surface area contributed by atoms with Crippen molar-refractivity contribution in [3.63, 3.8) is 0 Å². The fraction of sp³-hybridized carbons (Fsp3) is 0.561. The van der Waals surface area contributed by atoms with Gasteiger partial charge in [0.25, 0.3) is 0 Å². The molecule has 0 heterocycles. The second kappa shape index (κ2) is 17.7. The summed E-state index contributed by atoms with van der Waals surface area (Å²) in [7, 11) is 0. The van der Waals surface area contributed by atoms with Crippen LogP contribution in [0, 0.1) is 0 Å². The number of phenols is 1. The molecule has 0 aliphatic heterocycles. The van der Waals surface area contributed by atoms with Gasteiger partial charge >= 0.3 is 21.7 Å². The van der Waals surface area contributed by atoms with Crippen LogP contribution in [0.25, 0.3) is 0 Å². The van der Waals surface area contributed by atoms with Crippen LogP contribution in [0.2, 0.25) is 0 Å².